The molecule has 3 aliphatic heterocycles. The van der Waals surface area contributed by atoms with Crippen molar-refractivity contribution in [1.82, 2.24) is 4.90 Å². The summed E-state index contributed by atoms with van der Waals surface area (Å²) in [6.45, 7) is 1.74. The summed E-state index contributed by atoms with van der Waals surface area (Å²) in [5, 5.41) is 0. The van der Waals surface area contributed by atoms with Crippen molar-refractivity contribution in [2.75, 3.05) is 13.2 Å². The van der Waals surface area contributed by atoms with Crippen molar-refractivity contribution in [2.45, 2.75) is 43.6 Å². The van der Waals surface area contributed by atoms with Crippen molar-refractivity contribution in [2.24, 2.45) is 0 Å². The fourth-order valence-corrected chi connectivity index (χ4v) is 4.02. The van der Waals surface area contributed by atoms with Gasteiger partial charge in [-0.2, -0.15) is 0 Å². The molecule has 3 fully saturated rings. The Labute approximate surface area is 118 Å². The summed E-state index contributed by atoms with van der Waals surface area (Å²) in [4.78, 5) is 14.3. The molecule has 0 amide bonds. The molecule has 0 N–H and O–H groups in total. The SMILES string of the molecule is O=C1C[C@]2(Cc3ccccc3)[C@@H](OC[C@@H]3CCCN32)O1. The third kappa shape index (κ3) is 1.79. The van der Waals surface area contributed by atoms with Gasteiger partial charge in [0, 0.05) is 6.04 Å². The van der Waals surface area contributed by atoms with Crippen LogP contribution in [0, 0.1) is 0 Å². The molecular formula is C16H19NO3. The molecule has 3 heterocycles. The van der Waals surface area contributed by atoms with E-state index in [-0.39, 0.29) is 11.5 Å². The molecule has 3 saturated heterocycles. The Morgan fingerprint density at radius 1 is 1.30 bits per heavy atom. The summed E-state index contributed by atoms with van der Waals surface area (Å²) in [7, 11) is 0. The lowest BCUT2D eigenvalue weighted by atomic mass is 9.85. The van der Waals surface area contributed by atoms with Gasteiger partial charge in [-0.05, 0) is 31.4 Å². The number of hydrogen-bond acceptors (Lipinski definition) is 4. The average Bonchev–Trinajstić information content (AvgIpc) is 3.03. The van der Waals surface area contributed by atoms with Crippen LogP contribution in [0.4, 0.5) is 0 Å². The molecular weight excluding hydrogens is 254 g/mol. The topological polar surface area (TPSA) is 38.8 Å². The minimum atomic E-state index is -0.399. The van der Waals surface area contributed by atoms with E-state index in [0.29, 0.717) is 19.1 Å². The fraction of sp³-hybridized carbons (Fsp3) is 0.562. The van der Waals surface area contributed by atoms with E-state index in [0.717, 1.165) is 19.4 Å². The molecule has 4 rings (SSSR count). The number of benzene rings is 1. The van der Waals surface area contributed by atoms with Gasteiger partial charge in [0.25, 0.3) is 0 Å². The van der Waals surface area contributed by atoms with E-state index in [1.165, 1.54) is 12.0 Å². The predicted octanol–water partition coefficient (Wildman–Crippen LogP) is 1.74. The molecule has 0 bridgehead atoms. The summed E-state index contributed by atoms with van der Waals surface area (Å²) in [5.74, 6) is -0.126. The quantitative estimate of drug-likeness (QED) is 0.769. The molecule has 0 spiro atoms. The maximum Gasteiger partial charge on any atom is 0.310 e. The zero-order valence-corrected chi connectivity index (χ0v) is 11.5. The Kier molecular flexibility index (Phi) is 2.82. The summed E-state index contributed by atoms with van der Waals surface area (Å²) in [6.07, 6.45) is 3.22. The van der Waals surface area contributed by atoms with Gasteiger partial charge in [-0.25, -0.2) is 0 Å². The first-order chi connectivity index (χ1) is 9.78. The number of rotatable bonds is 2. The highest BCUT2D eigenvalue weighted by atomic mass is 16.7. The molecule has 0 radical (unpaired) electrons. The van der Waals surface area contributed by atoms with Crippen LogP contribution in [0.25, 0.3) is 0 Å². The Hall–Kier alpha value is -1.39. The number of esters is 1. The number of morpholine rings is 1. The largest absolute Gasteiger partial charge is 0.434 e. The molecule has 106 valence electrons. The standard InChI is InChI=1S/C16H19NO3/c18-14-10-16(9-12-5-2-1-3-6-12)15(20-14)19-11-13-7-4-8-17(13)16/h1-3,5-6,13,15H,4,7-11H2/t13-,15-,16+/m0/s1. The van der Waals surface area contributed by atoms with Crippen LogP contribution in [0.3, 0.4) is 0 Å². The number of ether oxygens (including phenoxy) is 2. The normalized spacial score (nSPS) is 36.5. The first-order valence-corrected chi connectivity index (χ1v) is 7.40. The van der Waals surface area contributed by atoms with Gasteiger partial charge < -0.3 is 9.47 Å². The van der Waals surface area contributed by atoms with Crippen molar-refractivity contribution in [1.29, 1.82) is 0 Å². The highest BCUT2D eigenvalue weighted by Gasteiger charge is 2.59. The van der Waals surface area contributed by atoms with Crippen molar-refractivity contribution < 1.29 is 14.3 Å². The third-order valence-corrected chi connectivity index (χ3v) is 4.87. The molecule has 0 unspecified atom stereocenters. The van der Waals surface area contributed by atoms with Gasteiger partial charge in [-0.1, -0.05) is 30.3 Å². The smallest absolute Gasteiger partial charge is 0.310 e. The lowest BCUT2D eigenvalue weighted by Crippen LogP contribution is -2.63. The van der Waals surface area contributed by atoms with Crippen LogP contribution in [0.5, 0.6) is 0 Å². The van der Waals surface area contributed by atoms with Crippen molar-refractivity contribution in [3.8, 4) is 0 Å². The first kappa shape index (κ1) is 12.4. The second-order valence-electron chi connectivity index (χ2n) is 6.09. The molecule has 3 aliphatic rings. The van der Waals surface area contributed by atoms with Gasteiger partial charge in [0.2, 0.25) is 6.29 Å². The van der Waals surface area contributed by atoms with E-state index in [1.807, 2.05) is 18.2 Å². The van der Waals surface area contributed by atoms with Crippen LogP contribution in [0.2, 0.25) is 0 Å². The van der Waals surface area contributed by atoms with E-state index < -0.39 is 6.29 Å². The number of carbonyl (C=O) groups is 1. The van der Waals surface area contributed by atoms with Crippen molar-refractivity contribution in [3.05, 3.63) is 35.9 Å². The number of nitrogens with zero attached hydrogens (tertiary/aromatic N) is 1. The second kappa shape index (κ2) is 4.57. The van der Waals surface area contributed by atoms with Gasteiger partial charge in [0.15, 0.2) is 0 Å². The van der Waals surface area contributed by atoms with E-state index in [9.17, 15) is 4.79 Å². The van der Waals surface area contributed by atoms with Crippen molar-refractivity contribution >= 4 is 5.97 Å². The van der Waals surface area contributed by atoms with Gasteiger partial charge in [0.05, 0.1) is 18.6 Å². The minimum Gasteiger partial charge on any atom is -0.434 e. The molecule has 0 aromatic heterocycles. The minimum absolute atomic E-state index is 0.126. The predicted molar refractivity (Wildman–Crippen MR) is 73.1 cm³/mol. The fourth-order valence-electron chi connectivity index (χ4n) is 4.02. The van der Waals surface area contributed by atoms with Crippen LogP contribution in [0.1, 0.15) is 24.8 Å². The van der Waals surface area contributed by atoms with Gasteiger partial charge in [-0.15, -0.1) is 0 Å². The number of hydrogen-bond donors (Lipinski definition) is 0. The zero-order valence-electron chi connectivity index (χ0n) is 11.5. The Balaban J connectivity index is 1.71. The maximum absolute atomic E-state index is 11.9. The molecule has 0 aliphatic carbocycles. The van der Waals surface area contributed by atoms with Gasteiger partial charge >= 0.3 is 5.97 Å². The maximum atomic E-state index is 11.9. The van der Waals surface area contributed by atoms with E-state index in [2.05, 4.69) is 17.0 Å². The number of fused-ring (bicyclic) bond motifs is 3. The summed E-state index contributed by atoms with van der Waals surface area (Å²) in [6, 6.07) is 10.8. The van der Waals surface area contributed by atoms with Crippen LogP contribution in [-0.2, 0) is 20.7 Å². The highest BCUT2D eigenvalue weighted by Crippen LogP contribution is 2.44. The van der Waals surface area contributed by atoms with Crippen molar-refractivity contribution in [3.63, 3.8) is 0 Å². The Morgan fingerprint density at radius 2 is 2.15 bits per heavy atom. The molecule has 1 aromatic carbocycles. The molecule has 4 nitrogen and oxygen atoms in total. The van der Waals surface area contributed by atoms with Crippen LogP contribution < -0.4 is 0 Å². The lowest BCUT2D eigenvalue weighted by Gasteiger charge is -2.47. The molecule has 1 aromatic rings. The van der Waals surface area contributed by atoms with E-state index in [4.69, 9.17) is 9.47 Å². The van der Waals surface area contributed by atoms with Gasteiger partial charge in [0.1, 0.15) is 0 Å². The van der Waals surface area contributed by atoms with E-state index in [1.54, 1.807) is 0 Å². The molecule has 20 heavy (non-hydrogen) atoms. The first-order valence-electron chi connectivity index (χ1n) is 7.40. The zero-order chi connectivity index (χ0) is 13.6. The number of carbonyl (C=O) groups excluding carboxylic acids is 1. The monoisotopic (exact) mass is 273 g/mol. The summed E-state index contributed by atoms with van der Waals surface area (Å²) >= 11 is 0. The molecule has 4 heteroatoms. The lowest BCUT2D eigenvalue weighted by molar-refractivity contribution is -0.216. The molecule has 0 saturated carbocycles. The molecule has 3 atom stereocenters. The van der Waals surface area contributed by atoms with Gasteiger partial charge in [-0.3, -0.25) is 9.69 Å². The Bertz CT molecular complexity index is 518. The highest BCUT2D eigenvalue weighted by molar-refractivity contribution is 5.74. The average molecular weight is 273 g/mol. The summed E-state index contributed by atoms with van der Waals surface area (Å²) in [5.41, 5.74) is 0.949. The second-order valence-corrected chi connectivity index (χ2v) is 6.09. The van der Waals surface area contributed by atoms with Crippen LogP contribution >= 0.6 is 0 Å². The van der Waals surface area contributed by atoms with Crippen LogP contribution in [0.15, 0.2) is 30.3 Å². The third-order valence-electron chi connectivity index (χ3n) is 4.87. The van der Waals surface area contributed by atoms with Crippen LogP contribution in [-0.4, -0.2) is 41.9 Å². The Morgan fingerprint density at radius 3 is 3.00 bits per heavy atom. The summed E-state index contributed by atoms with van der Waals surface area (Å²) < 4.78 is 11.3. The van der Waals surface area contributed by atoms with E-state index >= 15 is 0 Å².